The molecule has 6 heteroatoms. The van der Waals surface area contributed by atoms with Crippen LogP contribution >= 0.6 is 0 Å². The molecule has 2 fully saturated rings. The van der Waals surface area contributed by atoms with E-state index in [4.69, 9.17) is 10.5 Å². The number of aromatic nitrogens is 2. The second-order valence-corrected chi connectivity index (χ2v) is 5.71. The summed E-state index contributed by atoms with van der Waals surface area (Å²) in [5, 5.41) is 0. The van der Waals surface area contributed by atoms with E-state index in [0.717, 1.165) is 63.6 Å². The molecule has 3 heterocycles. The van der Waals surface area contributed by atoms with Crippen molar-refractivity contribution in [3.05, 3.63) is 11.8 Å². The van der Waals surface area contributed by atoms with E-state index in [1.54, 1.807) is 0 Å². The molecule has 0 saturated carbocycles. The van der Waals surface area contributed by atoms with E-state index in [-0.39, 0.29) is 0 Å². The summed E-state index contributed by atoms with van der Waals surface area (Å²) in [5.74, 6) is 1.33. The van der Waals surface area contributed by atoms with Crippen LogP contribution in [0.25, 0.3) is 0 Å². The molecule has 0 bridgehead atoms. The molecule has 2 aliphatic rings. The molecule has 0 spiro atoms. The smallest absolute Gasteiger partial charge is 0.222 e. The quantitative estimate of drug-likeness (QED) is 0.869. The van der Waals surface area contributed by atoms with Gasteiger partial charge in [0.05, 0.1) is 11.8 Å². The highest BCUT2D eigenvalue weighted by molar-refractivity contribution is 5.44. The van der Waals surface area contributed by atoms with Crippen molar-refractivity contribution >= 4 is 11.8 Å². The highest BCUT2D eigenvalue weighted by Crippen LogP contribution is 2.20. The summed E-state index contributed by atoms with van der Waals surface area (Å²) in [6.07, 6.45) is 3.40. The highest BCUT2D eigenvalue weighted by Gasteiger charge is 2.20. The average molecular weight is 277 g/mol. The molecule has 20 heavy (non-hydrogen) atoms. The SMILES string of the molecule is CN1CCN(c2cc(CC3CCCO3)nc(N)n2)CC1. The van der Waals surface area contributed by atoms with Crippen LogP contribution in [0.15, 0.2) is 6.07 Å². The fraction of sp³-hybridized carbons (Fsp3) is 0.714. The molecular formula is C14H23N5O. The summed E-state index contributed by atoms with van der Waals surface area (Å²) < 4.78 is 5.67. The van der Waals surface area contributed by atoms with E-state index in [1.165, 1.54) is 0 Å². The lowest BCUT2D eigenvalue weighted by atomic mass is 10.1. The van der Waals surface area contributed by atoms with Gasteiger partial charge in [-0.05, 0) is 19.9 Å². The Morgan fingerprint density at radius 2 is 2.10 bits per heavy atom. The molecule has 2 saturated heterocycles. The first-order valence-electron chi connectivity index (χ1n) is 7.39. The Morgan fingerprint density at radius 1 is 1.30 bits per heavy atom. The second-order valence-electron chi connectivity index (χ2n) is 5.71. The van der Waals surface area contributed by atoms with Crippen LogP contribution in [0, 0.1) is 0 Å². The summed E-state index contributed by atoms with van der Waals surface area (Å²) in [7, 11) is 2.15. The highest BCUT2D eigenvalue weighted by atomic mass is 16.5. The zero-order valence-electron chi connectivity index (χ0n) is 12.1. The van der Waals surface area contributed by atoms with Crippen LogP contribution in [0.2, 0.25) is 0 Å². The lowest BCUT2D eigenvalue weighted by Gasteiger charge is -2.33. The van der Waals surface area contributed by atoms with E-state index >= 15 is 0 Å². The molecule has 110 valence electrons. The van der Waals surface area contributed by atoms with Crippen LogP contribution in [-0.4, -0.2) is 60.8 Å². The van der Waals surface area contributed by atoms with Crippen LogP contribution in [0.3, 0.4) is 0 Å². The Hall–Kier alpha value is -1.40. The van der Waals surface area contributed by atoms with Crippen molar-refractivity contribution in [2.24, 2.45) is 0 Å². The van der Waals surface area contributed by atoms with Gasteiger partial charge in [0, 0.05) is 45.3 Å². The molecule has 3 rings (SSSR count). The molecule has 0 radical (unpaired) electrons. The second kappa shape index (κ2) is 5.93. The van der Waals surface area contributed by atoms with E-state index in [0.29, 0.717) is 12.1 Å². The van der Waals surface area contributed by atoms with E-state index in [2.05, 4.69) is 32.9 Å². The van der Waals surface area contributed by atoms with Crippen molar-refractivity contribution in [2.75, 3.05) is 50.5 Å². The van der Waals surface area contributed by atoms with Crippen LogP contribution < -0.4 is 10.6 Å². The maximum Gasteiger partial charge on any atom is 0.222 e. The van der Waals surface area contributed by atoms with Gasteiger partial charge in [-0.3, -0.25) is 0 Å². The van der Waals surface area contributed by atoms with Crippen molar-refractivity contribution in [3.63, 3.8) is 0 Å². The Balaban J connectivity index is 1.72. The van der Waals surface area contributed by atoms with Crippen LogP contribution in [0.1, 0.15) is 18.5 Å². The number of likely N-dealkylation sites (N-methyl/N-ethyl adjacent to an activating group) is 1. The predicted octanol–water partition coefficient (Wildman–Crippen LogP) is 0.532. The summed E-state index contributed by atoms with van der Waals surface area (Å²) in [6.45, 7) is 4.98. The summed E-state index contributed by atoms with van der Waals surface area (Å²) >= 11 is 0. The zero-order chi connectivity index (χ0) is 13.9. The third-order valence-corrected chi connectivity index (χ3v) is 4.07. The Bertz CT molecular complexity index is 453. The first kappa shape index (κ1) is 13.6. The fourth-order valence-electron chi connectivity index (χ4n) is 2.84. The van der Waals surface area contributed by atoms with Gasteiger partial charge in [-0.25, -0.2) is 4.98 Å². The minimum Gasteiger partial charge on any atom is -0.378 e. The van der Waals surface area contributed by atoms with Gasteiger partial charge in [-0.1, -0.05) is 0 Å². The number of nitrogens with two attached hydrogens (primary N) is 1. The third-order valence-electron chi connectivity index (χ3n) is 4.07. The standard InChI is InChI=1S/C14H23N5O/c1-18-4-6-19(7-5-18)13-10-11(16-14(15)17-13)9-12-3-2-8-20-12/h10,12H,2-9H2,1H3,(H2,15,16,17). The van der Waals surface area contributed by atoms with Gasteiger partial charge in [0.1, 0.15) is 5.82 Å². The summed E-state index contributed by atoms with van der Waals surface area (Å²) in [6, 6.07) is 2.07. The monoisotopic (exact) mass is 277 g/mol. The summed E-state index contributed by atoms with van der Waals surface area (Å²) in [5.41, 5.74) is 6.87. The van der Waals surface area contributed by atoms with Crippen molar-refractivity contribution in [2.45, 2.75) is 25.4 Å². The van der Waals surface area contributed by atoms with Crippen molar-refractivity contribution in [1.29, 1.82) is 0 Å². The van der Waals surface area contributed by atoms with Crippen molar-refractivity contribution < 1.29 is 4.74 Å². The molecular weight excluding hydrogens is 254 g/mol. The number of hydrogen-bond donors (Lipinski definition) is 1. The normalized spacial score (nSPS) is 24.2. The molecule has 0 amide bonds. The minimum atomic E-state index is 0.296. The largest absolute Gasteiger partial charge is 0.378 e. The average Bonchev–Trinajstić information content (AvgIpc) is 2.91. The molecule has 6 nitrogen and oxygen atoms in total. The van der Waals surface area contributed by atoms with Gasteiger partial charge in [-0.2, -0.15) is 4.98 Å². The third kappa shape index (κ3) is 3.19. The lowest BCUT2D eigenvalue weighted by molar-refractivity contribution is 0.110. The number of ether oxygens (including phenoxy) is 1. The number of anilines is 2. The van der Waals surface area contributed by atoms with Crippen molar-refractivity contribution in [3.8, 4) is 0 Å². The topological polar surface area (TPSA) is 67.5 Å². The van der Waals surface area contributed by atoms with E-state index in [1.807, 2.05) is 0 Å². The Kier molecular flexibility index (Phi) is 4.03. The molecule has 1 aromatic rings. The van der Waals surface area contributed by atoms with Gasteiger partial charge in [0.15, 0.2) is 0 Å². The maximum absolute atomic E-state index is 5.87. The zero-order valence-corrected chi connectivity index (χ0v) is 12.1. The Labute approximate surface area is 119 Å². The molecule has 1 unspecified atom stereocenters. The van der Waals surface area contributed by atoms with Gasteiger partial charge in [0.25, 0.3) is 0 Å². The van der Waals surface area contributed by atoms with Crippen LogP contribution in [0.4, 0.5) is 11.8 Å². The van der Waals surface area contributed by atoms with Gasteiger partial charge >= 0.3 is 0 Å². The van der Waals surface area contributed by atoms with E-state index in [9.17, 15) is 0 Å². The van der Waals surface area contributed by atoms with Gasteiger partial charge in [0.2, 0.25) is 5.95 Å². The molecule has 2 N–H and O–H groups in total. The fourth-order valence-corrected chi connectivity index (χ4v) is 2.84. The van der Waals surface area contributed by atoms with Gasteiger partial charge < -0.3 is 20.3 Å². The number of rotatable bonds is 3. The predicted molar refractivity (Wildman–Crippen MR) is 78.8 cm³/mol. The minimum absolute atomic E-state index is 0.296. The lowest BCUT2D eigenvalue weighted by Crippen LogP contribution is -2.45. The maximum atomic E-state index is 5.87. The number of nitrogens with zero attached hydrogens (tertiary/aromatic N) is 4. The first-order chi connectivity index (χ1) is 9.70. The summed E-state index contributed by atoms with van der Waals surface area (Å²) in [4.78, 5) is 13.4. The van der Waals surface area contributed by atoms with Crippen LogP contribution in [-0.2, 0) is 11.2 Å². The molecule has 1 aromatic heterocycles. The number of hydrogen-bond acceptors (Lipinski definition) is 6. The molecule has 1 atom stereocenters. The number of nitrogen functional groups attached to an aromatic ring is 1. The van der Waals surface area contributed by atoms with Crippen LogP contribution in [0.5, 0.6) is 0 Å². The Morgan fingerprint density at radius 3 is 2.80 bits per heavy atom. The molecule has 2 aliphatic heterocycles. The first-order valence-corrected chi connectivity index (χ1v) is 7.39. The molecule has 0 aromatic carbocycles. The van der Waals surface area contributed by atoms with Crippen molar-refractivity contribution in [1.82, 2.24) is 14.9 Å². The van der Waals surface area contributed by atoms with Gasteiger partial charge in [-0.15, -0.1) is 0 Å². The van der Waals surface area contributed by atoms with E-state index < -0.39 is 0 Å². The number of piperazine rings is 1. The molecule has 0 aliphatic carbocycles.